The third-order valence-electron chi connectivity index (χ3n) is 4.27. The Bertz CT molecular complexity index is 736. The van der Waals surface area contributed by atoms with Crippen LogP contribution in [0.1, 0.15) is 35.1 Å². The van der Waals surface area contributed by atoms with E-state index in [1.54, 1.807) is 0 Å². The van der Waals surface area contributed by atoms with Crippen molar-refractivity contribution in [2.75, 3.05) is 13.6 Å². The van der Waals surface area contributed by atoms with Gasteiger partial charge in [-0.2, -0.15) is 0 Å². The van der Waals surface area contributed by atoms with Gasteiger partial charge in [0.05, 0.1) is 0 Å². The standard InChI is InChI=1S/C19H19Cl2N/c1-12(2)13-5-4-6-14(7-13)17-10-22(3)11-18-16(17)8-15(20)9-19(18)21/h4-9,17H,1,10-11H2,2-3H3. The zero-order valence-electron chi connectivity index (χ0n) is 12.9. The molecule has 0 aromatic heterocycles. The van der Waals surface area contributed by atoms with Crippen molar-refractivity contribution in [3.05, 3.63) is 75.3 Å². The van der Waals surface area contributed by atoms with Crippen molar-refractivity contribution in [3.63, 3.8) is 0 Å². The van der Waals surface area contributed by atoms with Gasteiger partial charge in [-0.25, -0.2) is 0 Å². The van der Waals surface area contributed by atoms with Crippen LogP contribution in [0, 0.1) is 0 Å². The van der Waals surface area contributed by atoms with Gasteiger partial charge in [0.1, 0.15) is 0 Å². The summed E-state index contributed by atoms with van der Waals surface area (Å²) in [4.78, 5) is 2.31. The van der Waals surface area contributed by atoms with Gasteiger partial charge < -0.3 is 4.90 Å². The maximum Gasteiger partial charge on any atom is 0.0468 e. The van der Waals surface area contributed by atoms with Crippen LogP contribution in [0.5, 0.6) is 0 Å². The minimum atomic E-state index is 0.282. The average Bonchev–Trinajstić information content (AvgIpc) is 2.47. The molecule has 0 amide bonds. The monoisotopic (exact) mass is 331 g/mol. The van der Waals surface area contributed by atoms with Crippen molar-refractivity contribution in [1.29, 1.82) is 0 Å². The van der Waals surface area contributed by atoms with Crippen molar-refractivity contribution in [1.82, 2.24) is 4.90 Å². The summed E-state index contributed by atoms with van der Waals surface area (Å²) in [6.45, 7) is 7.91. The Hall–Kier alpha value is -1.28. The molecule has 0 spiro atoms. The summed E-state index contributed by atoms with van der Waals surface area (Å²) in [7, 11) is 2.13. The number of rotatable bonds is 2. The predicted octanol–water partition coefficient (Wildman–Crippen LogP) is 5.60. The number of hydrogen-bond acceptors (Lipinski definition) is 1. The Morgan fingerprint density at radius 1 is 1.23 bits per heavy atom. The molecule has 1 aliphatic rings. The summed E-state index contributed by atoms with van der Waals surface area (Å²) >= 11 is 12.7. The molecule has 1 unspecified atom stereocenters. The highest BCUT2D eigenvalue weighted by Gasteiger charge is 2.27. The summed E-state index contributed by atoms with van der Waals surface area (Å²) in [6.07, 6.45) is 0. The van der Waals surface area contributed by atoms with E-state index in [0.717, 1.165) is 23.7 Å². The fourth-order valence-corrected chi connectivity index (χ4v) is 3.72. The van der Waals surface area contributed by atoms with Crippen LogP contribution in [-0.4, -0.2) is 18.5 Å². The van der Waals surface area contributed by atoms with Crippen molar-refractivity contribution in [2.24, 2.45) is 0 Å². The first-order valence-electron chi connectivity index (χ1n) is 7.38. The fourth-order valence-electron chi connectivity index (χ4n) is 3.15. The highest BCUT2D eigenvalue weighted by molar-refractivity contribution is 6.35. The molecule has 0 bridgehead atoms. The van der Waals surface area contributed by atoms with Gasteiger partial charge in [-0.1, -0.05) is 59.6 Å². The highest BCUT2D eigenvalue weighted by Crippen LogP contribution is 2.38. The Morgan fingerprint density at radius 3 is 2.73 bits per heavy atom. The van der Waals surface area contributed by atoms with Crippen LogP contribution in [0.15, 0.2) is 43.0 Å². The quantitative estimate of drug-likeness (QED) is 0.691. The first kappa shape index (κ1) is 15.6. The van der Waals surface area contributed by atoms with Crippen LogP contribution in [0.2, 0.25) is 10.0 Å². The van der Waals surface area contributed by atoms with Gasteiger partial charge in [0.2, 0.25) is 0 Å². The first-order valence-corrected chi connectivity index (χ1v) is 8.13. The zero-order valence-corrected chi connectivity index (χ0v) is 14.4. The lowest BCUT2D eigenvalue weighted by molar-refractivity contribution is 0.295. The maximum atomic E-state index is 6.42. The molecular formula is C19H19Cl2N. The van der Waals surface area contributed by atoms with Crippen molar-refractivity contribution in [2.45, 2.75) is 19.4 Å². The van der Waals surface area contributed by atoms with E-state index in [2.05, 4.69) is 48.9 Å². The largest absolute Gasteiger partial charge is 0.301 e. The van der Waals surface area contributed by atoms with E-state index in [4.69, 9.17) is 23.2 Å². The second kappa shape index (κ2) is 6.08. The summed E-state index contributed by atoms with van der Waals surface area (Å²) in [5.74, 6) is 0.282. The molecule has 2 aromatic carbocycles. The van der Waals surface area contributed by atoms with Gasteiger partial charge in [0, 0.05) is 29.1 Å². The molecule has 0 N–H and O–H groups in total. The Labute approximate surface area is 142 Å². The predicted molar refractivity (Wildman–Crippen MR) is 95.8 cm³/mol. The van der Waals surface area contributed by atoms with E-state index in [-0.39, 0.29) is 5.92 Å². The second-order valence-electron chi connectivity index (χ2n) is 6.11. The molecule has 1 heterocycles. The van der Waals surface area contributed by atoms with Crippen molar-refractivity contribution >= 4 is 28.8 Å². The number of allylic oxidation sites excluding steroid dienone is 1. The van der Waals surface area contributed by atoms with Gasteiger partial charge in [-0.15, -0.1) is 0 Å². The van der Waals surface area contributed by atoms with Gasteiger partial charge in [0.15, 0.2) is 0 Å². The highest BCUT2D eigenvalue weighted by atomic mass is 35.5. The number of halogens is 2. The topological polar surface area (TPSA) is 3.24 Å². The molecule has 1 aliphatic heterocycles. The molecule has 0 saturated heterocycles. The van der Waals surface area contributed by atoms with E-state index in [1.165, 1.54) is 22.3 Å². The number of likely N-dealkylation sites (N-methyl/N-ethyl adjacent to an activating group) is 1. The Balaban J connectivity index is 2.13. The first-order chi connectivity index (χ1) is 10.5. The van der Waals surface area contributed by atoms with Crippen LogP contribution in [-0.2, 0) is 6.54 Å². The molecule has 0 saturated carbocycles. The van der Waals surface area contributed by atoms with Crippen molar-refractivity contribution in [3.8, 4) is 0 Å². The molecule has 1 nitrogen and oxygen atoms in total. The fraction of sp³-hybridized carbons (Fsp3) is 0.263. The number of hydrogen-bond donors (Lipinski definition) is 0. The number of benzene rings is 2. The van der Waals surface area contributed by atoms with Gasteiger partial charge >= 0.3 is 0 Å². The molecule has 0 fully saturated rings. The average molecular weight is 332 g/mol. The van der Waals surface area contributed by atoms with Crippen LogP contribution in [0.4, 0.5) is 0 Å². The van der Waals surface area contributed by atoms with E-state index >= 15 is 0 Å². The number of nitrogens with zero attached hydrogens (tertiary/aromatic N) is 1. The Kier molecular flexibility index (Phi) is 4.31. The van der Waals surface area contributed by atoms with Crippen LogP contribution < -0.4 is 0 Å². The van der Waals surface area contributed by atoms with Gasteiger partial charge in [0.25, 0.3) is 0 Å². The molecule has 1 atom stereocenters. The maximum absolute atomic E-state index is 6.42. The second-order valence-corrected chi connectivity index (χ2v) is 6.95. The Morgan fingerprint density at radius 2 is 2.00 bits per heavy atom. The molecule has 0 radical (unpaired) electrons. The van der Waals surface area contributed by atoms with E-state index in [0.29, 0.717) is 5.02 Å². The summed E-state index contributed by atoms with van der Waals surface area (Å²) in [5.41, 5.74) is 5.97. The molecule has 2 aromatic rings. The van der Waals surface area contributed by atoms with E-state index in [9.17, 15) is 0 Å². The molecule has 22 heavy (non-hydrogen) atoms. The zero-order chi connectivity index (χ0) is 15.9. The molecule has 3 heteroatoms. The number of fused-ring (bicyclic) bond motifs is 1. The minimum Gasteiger partial charge on any atom is -0.301 e. The van der Waals surface area contributed by atoms with Crippen molar-refractivity contribution < 1.29 is 0 Å². The summed E-state index contributed by atoms with van der Waals surface area (Å²) in [5, 5.41) is 1.46. The SMILES string of the molecule is C=C(C)c1cccc(C2CN(C)Cc3c(Cl)cc(Cl)cc32)c1. The van der Waals surface area contributed by atoms with E-state index < -0.39 is 0 Å². The summed E-state index contributed by atoms with van der Waals surface area (Å²) in [6, 6.07) is 12.5. The molecular weight excluding hydrogens is 313 g/mol. The smallest absolute Gasteiger partial charge is 0.0468 e. The molecule has 3 rings (SSSR count). The third kappa shape index (κ3) is 2.94. The normalized spacial score (nSPS) is 18.1. The molecule has 114 valence electrons. The lowest BCUT2D eigenvalue weighted by Crippen LogP contribution is -2.31. The van der Waals surface area contributed by atoms with Crippen LogP contribution >= 0.6 is 23.2 Å². The summed E-state index contributed by atoms with van der Waals surface area (Å²) < 4.78 is 0. The van der Waals surface area contributed by atoms with Gasteiger partial charge in [-0.05, 0) is 48.4 Å². The van der Waals surface area contributed by atoms with E-state index in [1.807, 2.05) is 13.0 Å². The van der Waals surface area contributed by atoms with Gasteiger partial charge in [-0.3, -0.25) is 0 Å². The lowest BCUT2D eigenvalue weighted by atomic mass is 9.84. The third-order valence-corrected chi connectivity index (χ3v) is 4.83. The van der Waals surface area contributed by atoms with Crippen LogP contribution in [0.3, 0.4) is 0 Å². The minimum absolute atomic E-state index is 0.282. The van der Waals surface area contributed by atoms with Crippen LogP contribution in [0.25, 0.3) is 5.57 Å². The lowest BCUT2D eigenvalue weighted by Gasteiger charge is -2.33. The molecule has 0 aliphatic carbocycles.